The van der Waals surface area contributed by atoms with E-state index in [-0.39, 0.29) is 11.7 Å². The van der Waals surface area contributed by atoms with Crippen LogP contribution < -0.4 is 10.1 Å². The molecule has 3 aromatic carbocycles. The van der Waals surface area contributed by atoms with E-state index >= 15 is 0 Å². The van der Waals surface area contributed by atoms with Crippen LogP contribution in [0.25, 0.3) is 22.6 Å². The van der Waals surface area contributed by atoms with E-state index in [0.29, 0.717) is 17.9 Å². The maximum atomic E-state index is 13.1. The van der Waals surface area contributed by atoms with Crippen LogP contribution in [0.3, 0.4) is 0 Å². The fraction of sp³-hybridized carbons (Fsp3) is 0.0833. The van der Waals surface area contributed by atoms with Crippen LogP contribution in [0.5, 0.6) is 5.75 Å². The number of nitrogens with zero attached hydrogens (tertiary/aromatic N) is 1. The number of hydrogen-bond acceptors (Lipinski definition) is 3. The van der Waals surface area contributed by atoms with Gasteiger partial charge in [-0.1, -0.05) is 30.3 Å². The topological polar surface area (TPSA) is 67.0 Å². The van der Waals surface area contributed by atoms with Crippen LogP contribution in [-0.4, -0.2) is 23.0 Å². The number of imidazole rings is 1. The number of hydrogen-bond donors (Lipinski definition) is 2. The van der Waals surface area contributed by atoms with E-state index in [0.717, 1.165) is 28.2 Å². The molecule has 0 radical (unpaired) electrons. The van der Waals surface area contributed by atoms with Gasteiger partial charge in [0.2, 0.25) is 0 Å². The highest BCUT2D eigenvalue weighted by Crippen LogP contribution is 2.22. The van der Waals surface area contributed by atoms with Crippen molar-refractivity contribution < 1.29 is 13.9 Å². The van der Waals surface area contributed by atoms with Crippen LogP contribution in [0.4, 0.5) is 4.39 Å². The number of H-pyrrole nitrogens is 1. The predicted molar refractivity (Wildman–Crippen MR) is 114 cm³/mol. The molecule has 0 atom stereocenters. The molecule has 1 amide bonds. The molecule has 4 rings (SSSR count). The number of ether oxygens (including phenoxy) is 1. The first-order valence-corrected chi connectivity index (χ1v) is 9.45. The van der Waals surface area contributed by atoms with Gasteiger partial charge in [-0.15, -0.1) is 0 Å². The van der Waals surface area contributed by atoms with Crippen LogP contribution in [-0.2, 0) is 6.54 Å². The molecular formula is C24H20FN3O2. The molecule has 0 aliphatic heterocycles. The van der Waals surface area contributed by atoms with E-state index in [2.05, 4.69) is 15.3 Å². The number of amides is 1. The minimum absolute atomic E-state index is 0.159. The third-order valence-corrected chi connectivity index (χ3v) is 4.74. The summed E-state index contributed by atoms with van der Waals surface area (Å²) in [7, 11) is 1.57. The molecule has 0 spiro atoms. The van der Waals surface area contributed by atoms with E-state index in [1.165, 1.54) is 12.1 Å². The molecule has 4 aromatic rings. The zero-order chi connectivity index (χ0) is 20.9. The van der Waals surface area contributed by atoms with E-state index < -0.39 is 0 Å². The molecular weight excluding hydrogens is 381 g/mol. The Balaban J connectivity index is 1.40. The number of methoxy groups -OCH3 is 1. The summed E-state index contributed by atoms with van der Waals surface area (Å²) in [6.07, 6.45) is 1.73. The quantitative estimate of drug-likeness (QED) is 0.487. The number of carbonyl (C=O) groups excluding carboxylic acids is 1. The molecule has 150 valence electrons. The molecule has 0 fully saturated rings. The fourth-order valence-electron chi connectivity index (χ4n) is 3.07. The standard InChI is InChI=1S/C24H20FN3O2/c1-30-21-4-2-3-19(13-21)24(29)27-14-16-5-7-18(8-6-16)23-26-15-22(28-23)17-9-11-20(25)12-10-17/h2-13,15H,14H2,1H3,(H,26,28)(H,27,29). The number of carbonyl (C=O) groups is 1. The highest BCUT2D eigenvalue weighted by atomic mass is 19.1. The summed E-state index contributed by atoms with van der Waals surface area (Å²) in [5, 5.41) is 2.91. The van der Waals surface area contributed by atoms with Gasteiger partial charge in [-0.3, -0.25) is 4.79 Å². The average molecular weight is 401 g/mol. The SMILES string of the molecule is COc1cccc(C(=O)NCc2ccc(-c3ncc(-c4ccc(F)cc4)[nH]3)cc2)c1. The molecule has 5 nitrogen and oxygen atoms in total. The Labute approximate surface area is 173 Å². The van der Waals surface area contributed by atoms with E-state index in [4.69, 9.17) is 4.74 Å². The summed E-state index contributed by atoms with van der Waals surface area (Å²) in [6.45, 7) is 0.412. The van der Waals surface area contributed by atoms with Crippen LogP contribution in [0, 0.1) is 5.82 Å². The Hall–Kier alpha value is -3.93. The molecule has 2 N–H and O–H groups in total. The Bertz CT molecular complexity index is 1150. The van der Waals surface area contributed by atoms with Crippen LogP contribution in [0.1, 0.15) is 15.9 Å². The molecule has 1 aromatic heterocycles. The van der Waals surface area contributed by atoms with Crippen molar-refractivity contribution >= 4 is 5.91 Å². The lowest BCUT2D eigenvalue weighted by molar-refractivity contribution is 0.0950. The van der Waals surface area contributed by atoms with E-state index in [9.17, 15) is 9.18 Å². The van der Waals surface area contributed by atoms with Gasteiger partial charge in [0.25, 0.3) is 5.91 Å². The highest BCUT2D eigenvalue weighted by molar-refractivity contribution is 5.94. The number of halogens is 1. The molecule has 0 saturated carbocycles. The monoisotopic (exact) mass is 401 g/mol. The summed E-state index contributed by atoms with van der Waals surface area (Å²) in [4.78, 5) is 20.0. The number of rotatable bonds is 6. The van der Waals surface area contributed by atoms with Gasteiger partial charge in [0.15, 0.2) is 0 Å². The molecule has 0 aliphatic rings. The summed E-state index contributed by atoms with van der Waals surface area (Å²) < 4.78 is 18.2. The van der Waals surface area contributed by atoms with Gasteiger partial charge in [-0.2, -0.15) is 0 Å². The van der Waals surface area contributed by atoms with Gasteiger partial charge in [-0.05, 0) is 53.6 Å². The van der Waals surface area contributed by atoms with Gasteiger partial charge < -0.3 is 15.0 Å². The van der Waals surface area contributed by atoms with Gasteiger partial charge in [0.05, 0.1) is 19.0 Å². The second-order valence-electron chi connectivity index (χ2n) is 6.76. The largest absolute Gasteiger partial charge is 0.497 e. The number of aromatic amines is 1. The fourth-order valence-corrected chi connectivity index (χ4v) is 3.07. The number of benzene rings is 3. The van der Waals surface area contributed by atoms with E-state index in [1.54, 1.807) is 49.7 Å². The van der Waals surface area contributed by atoms with Crippen molar-refractivity contribution in [3.05, 3.63) is 95.9 Å². The Morgan fingerprint density at radius 1 is 1.03 bits per heavy atom. The number of nitrogens with one attached hydrogen (secondary N) is 2. The Kier molecular flexibility index (Phi) is 5.57. The smallest absolute Gasteiger partial charge is 0.251 e. The third kappa shape index (κ3) is 4.38. The average Bonchev–Trinajstić information content (AvgIpc) is 3.28. The molecule has 0 bridgehead atoms. The highest BCUT2D eigenvalue weighted by Gasteiger charge is 2.08. The Morgan fingerprint density at radius 2 is 1.77 bits per heavy atom. The second kappa shape index (κ2) is 8.61. The summed E-state index contributed by atoms with van der Waals surface area (Å²) in [5.74, 6) is 0.937. The predicted octanol–water partition coefficient (Wildman–Crippen LogP) is 4.82. The van der Waals surface area contributed by atoms with Crippen molar-refractivity contribution in [1.29, 1.82) is 0 Å². The minimum atomic E-state index is -0.271. The van der Waals surface area contributed by atoms with E-state index in [1.807, 2.05) is 24.3 Å². The van der Waals surface area contributed by atoms with Crippen molar-refractivity contribution in [3.63, 3.8) is 0 Å². The molecule has 30 heavy (non-hydrogen) atoms. The summed E-state index contributed by atoms with van der Waals surface area (Å²) >= 11 is 0. The van der Waals surface area contributed by atoms with Crippen LogP contribution in [0.15, 0.2) is 79.0 Å². The lowest BCUT2D eigenvalue weighted by Gasteiger charge is -2.07. The van der Waals surface area contributed by atoms with Crippen molar-refractivity contribution in [2.75, 3.05) is 7.11 Å². The summed E-state index contributed by atoms with van der Waals surface area (Å²) in [5.41, 5.74) is 4.13. The zero-order valence-electron chi connectivity index (χ0n) is 16.4. The molecule has 0 unspecified atom stereocenters. The minimum Gasteiger partial charge on any atom is -0.497 e. The van der Waals surface area contributed by atoms with Crippen molar-refractivity contribution in [2.45, 2.75) is 6.54 Å². The van der Waals surface area contributed by atoms with Gasteiger partial charge in [0.1, 0.15) is 17.4 Å². The Morgan fingerprint density at radius 3 is 2.50 bits per heavy atom. The maximum Gasteiger partial charge on any atom is 0.251 e. The van der Waals surface area contributed by atoms with Gasteiger partial charge in [-0.25, -0.2) is 9.37 Å². The van der Waals surface area contributed by atoms with Crippen molar-refractivity contribution in [2.24, 2.45) is 0 Å². The first kappa shape index (κ1) is 19.4. The third-order valence-electron chi connectivity index (χ3n) is 4.74. The lowest BCUT2D eigenvalue weighted by atomic mass is 10.1. The maximum absolute atomic E-state index is 13.1. The molecule has 0 aliphatic carbocycles. The molecule has 6 heteroatoms. The van der Waals surface area contributed by atoms with Crippen LogP contribution >= 0.6 is 0 Å². The zero-order valence-corrected chi connectivity index (χ0v) is 16.4. The van der Waals surface area contributed by atoms with Crippen molar-refractivity contribution in [3.8, 4) is 28.4 Å². The molecule has 0 saturated heterocycles. The van der Waals surface area contributed by atoms with Crippen LogP contribution in [0.2, 0.25) is 0 Å². The van der Waals surface area contributed by atoms with Crippen molar-refractivity contribution in [1.82, 2.24) is 15.3 Å². The summed E-state index contributed by atoms with van der Waals surface area (Å²) in [6, 6.07) is 21.1. The molecule has 1 heterocycles. The van der Waals surface area contributed by atoms with Gasteiger partial charge in [0, 0.05) is 17.7 Å². The second-order valence-corrected chi connectivity index (χ2v) is 6.76. The normalized spacial score (nSPS) is 10.6. The first-order chi connectivity index (χ1) is 14.6. The number of aromatic nitrogens is 2. The lowest BCUT2D eigenvalue weighted by Crippen LogP contribution is -2.22. The van der Waals surface area contributed by atoms with Gasteiger partial charge >= 0.3 is 0 Å². The first-order valence-electron chi connectivity index (χ1n) is 9.45.